The van der Waals surface area contributed by atoms with E-state index in [4.69, 9.17) is 4.74 Å². The lowest BCUT2D eigenvalue weighted by Gasteiger charge is -2.28. The van der Waals surface area contributed by atoms with Gasteiger partial charge in [-0.25, -0.2) is 4.39 Å². The number of morpholine rings is 1. The number of carbonyl (C=O) groups excluding carboxylic acids is 1. The van der Waals surface area contributed by atoms with Gasteiger partial charge in [0.1, 0.15) is 5.82 Å². The minimum Gasteiger partial charge on any atom is -0.378 e. The Balaban J connectivity index is 1.50. The molecule has 23 heavy (non-hydrogen) atoms. The zero-order valence-corrected chi connectivity index (χ0v) is 13.7. The highest BCUT2D eigenvalue weighted by Gasteiger charge is 2.30. The summed E-state index contributed by atoms with van der Waals surface area (Å²) in [6, 6.07) is 7.29. The first kappa shape index (κ1) is 16.4. The van der Waals surface area contributed by atoms with Gasteiger partial charge < -0.3 is 9.64 Å². The van der Waals surface area contributed by atoms with Crippen molar-refractivity contribution in [2.24, 2.45) is 0 Å². The molecule has 0 N–H and O–H groups in total. The second-order valence-electron chi connectivity index (χ2n) is 6.57. The van der Waals surface area contributed by atoms with Crippen LogP contribution in [0.3, 0.4) is 0 Å². The lowest BCUT2D eigenvalue weighted by atomic mass is 9.97. The monoisotopic (exact) mass is 320 g/mol. The maximum Gasteiger partial charge on any atom is 0.224 e. The molecule has 1 amide bonds. The van der Waals surface area contributed by atoms with Crippen molar-refractivity contribution >= 4 is 5.91 Å². The number of hydrogen-bond donors (Lipinski definition) is 0. The molecule has 0 unspecified atom stereocenters. The molecule has 2 saturated heterocycles. The molecule has 0 saturated carbocycles. The van der Waals surface area contributed by atoms with Crippen LogP contribution < -0.4 is 0 Å². The van der Waals surface area contributed by atoms with Gasteiger partial charge in [0.2, 0.25) is 5.91 Å². The lowest BCUT2D eigenvalue weighted by molar-refractivity contribution is -0.135. The Kier molecular flexibility index (Phi) is 5.28. The van der Waals surface area contributed by atoms with Crippen LogP contribution in [-0.4, -0.2) is 61.1 Å². The van der Waals surface area contributed by atoms with E-state index < -0.39 is 0 Å². The largest absolute Gasteiger partial charge is 0.378 e. The summed E-state index contributed by atoms with van der Waals surface area (Å²) in [5, 5.41) is 0. The van der Waals surface area contributed by atoms with Gasteiger partial charge in [-0.05, 0) is 37.0 Å². The Bertz CT molecular complexity index is 528. The van der Waals surface area contributed by atoms with Crippen molar-refractivity contribution in [3.05, 3.63) is 35.6 Å². The fourth-order valence-corrected chi connectivity index (χ4v) is 3.60. The van der Waals surface area contributed by atoms with E-state index in [1.807, 2.05) is 17.0 Å². The Labute approximate surface area is 137 Å². The van der Waals surface area contributed by atoms with Crippen LogP contribution in [0.25, 0.3) is 0 Å². The lowest BCUT2D eigenvalue weighted by Crippen LogP contribution is -2.42. The number of rotatable bonds is 4. The smallest absolute Gasteiger partial charge is 0.224 e. The predicted molar refractivity (Wildman–Crippen MR) is 86.8 cm³/mol. The molecule has 3 rings (SSSR count). The van der Waals surface area contributed by atoms with Crippen molar-refractivity contribution in [1.29, 1.82) is 0 Å². The first-order chi connectivity index (χ1) is 11.1. The highest BCUT2D eigenvalue weighted by molar-refractivity contribution is 5.76. The summed E-state index contributed by atoms with van der Waals surface area (Å²) in [4.78, 5) is 16.5. The number of ether oxygens (including phenoxy) is 1. The third-order valence-electron chi connectivity index (χ3n) is 5.02. The molecule has 5 heteroatoms. The maximum absolute atomic E-state index is 13.1. The predicted octanol–water partition coefficient (Wildman–Crippen LogP) is 2.25. The average molecular weight is 320 g/mol. The van der Waals surface area contributed by atoms with Crippen molar-refractivity contribution in [2.75, 3.05) is 39.4 Å². The van der Waals surface area contributed by atoms with Crippen LogP contribution in [0.5, 0.6) is 0 Å². The van der Waals surface area contributed by atoms with Crippen LogP contribution in [0.1, 0.15) is 31.2 Å². The third kappa shape index (κ3) is 4.09. The van der Waals surface area contributed by atoms with Crippen LogP contribution in [0.2, 0.25) is 0 Å². The molecule has 2 heterocycles. The molecule has 2 fully saturated rings. The molecule has 2 atom stereocenters. The van der Waals surface area contributed by atoms with Crippen LogP contribution >= 0.6 is 0 Å². The fourth-order valence-electron chi connectivity index (χ4n) is 3.60. The van der Waals surface area contributed by atoms with Crippen molar-refractivity contribution in [3.63, 3.8) is 0 Å². The van der Waals surface area contributed by atoms with E-state index in [0.29, 0.717) is 44.7 Å². The molecule has 2 aliphatic heterocycles. The van der Waals surface area contributed by atoms with E-state index in [1.54, 1.807) is 0 Å². The van der Waals surface area contributed by atoms with Gasteiger partial charge in [-0.1, -0.05) is 12.1 Å². The Morgan fingerprint density at radius 1 is 1.26 bits per heavy atom. The molecule has 0 spiro atoms. The van der Waals surface area contributed by atoms with Gasteiger partial charge in [-0.3, -0.25) is 9.69 Å². The van der Waals surface area contributed by atoms with E-state index in [9.17, 15) is 9.18 Å². The average Bonchev–Trinajstić information content (AvgIpc) is 2.95. The van der Waals surface area contributed by atoms with Crippen molar-refractivity contribution in [3.8, 4) is 0 Å². The molecular weight excluding hydrogens is 295 g/mol. The minimum absolute atomic E-state index is 0.187. The quantitative estimate of drug-likeness (QED) is 0.853. The minimum atomic E-state index is -0.187. The first-order valence-corrected chi connectivity index (χ1v) is 8.48. The number of nitrogens with zero attached hydrogens (tertiary/aromatic N) is 2. The number of benzene rings is 1. The van der Waals surface area contributed by atoms with E-state index in [1.165, 1.54) is 17.7 Å². The summed E-state index contributed by atoms with van der Waals surface area (Å²) in [6.07, 6.45) is 1.64. The van der Waals surface area contributed by atoms with Gasteiger partial charge in [0.05, 0.1) is 13.2 Å². The van der Waals surface area contributed by atoms with Gasteiger partial charge in [-0.15, -0.1) is 0 Å². The Hall–Kier alpha value is -1.46. The number of hydrogen-bond acceptors (Lipinski definition) is 3. The molecule has 2 aliphatic rings. The summed E-state index contributed by atoms with van der Waals surface area (Å²) < 4.78 is 18.3. The van der Waals surface area contributed by atoms with Crippen LogP contribution in [0, 0.1) is 5.82 Å². The van der Waals surface area contributed by atoms with Crippen LogP contribution in [0.4, 0.5) is 4.39 Å². The maximum atomic E-state index is 13.1. The van der Waals surface area contributed by atoms with Crippen molar-refractivity contribution in [1.82, 2.24) is 9.80 Å². The molecule has 1 aromatic carbocycles. The summed E-state index contributed by atoms with van der Waals surface area (Å²) in [5.74, 6) is 0.475. The summed E-state index contributed by atoms with van der Waals surface area (Å²) in [5.41, 5.74) is 1.19. The number of carbonyl (C=O) groups is 1. The Morgan fingerprint density at radius 2 is 1.96 bits per heavy atom. The number of amides is 1. The van der Waals surface area contributed by atoms with Gasteiger partial charge in [0.15, 0.2) is 0 Å². The number of halogens is 1. The van der Waals surface area contributed by atoms with Gasteiger partial charge in [-0.2, -0.15) is 0 Å². The molecule has 0 bridgehead atoms. The second-order valence-corrected chi connectivity index (χ2v) is 6.57. The molecule has 126 valence electrons. The highest BCUT2D eigenvalue weighted by atomic mass is 19.1. The van der Waals surface area contributed by atoms with Gasteiger partial charge >= 0.3 is 0 Å². The van der Waals surface area contributed by atoms with Crippen LogP contribution in [-0.2, 0) is 9.53 Å². The second kappa shape index (κ2) is 7.41. The summed E-state index contributed by atoms with van der Waals surface area (Å²) in [6.45, 7) is 6.69. The SMILES string of the molecule is C[C@@H]1C[C@H](c2ccc(F)cc2)CN1CCC(=O)N1CCOCC1. The standard InChI is InChI=1S/C18H25FN2O2/c1-14-12-16(15-2-4-17(19)5-3-15)13-21(14)7-6-18(22)20-8-10-23-11-9-20/h2-5,14,16H,6-13H2,1H3/t14-,16+/m1/s1. The summed E-state index contributed by atoms with van der Waals surface area (Å²) >= 11 is 0. The molecule has 0 radical (unpaired) electrons. The molecule has 0 aliphatic carbocycles. The van der Waals surface area contributed by atoms with E-state index >= 15 is 0 Å². The van der Waals surface area contributed by atoms with E-state index in [-0.39, 0.29) is 11.7 Å². The molecule has 4 nitrogen and oxygen atoms in total. The first-order valence-electron chi connectivity index (χ1n) is 8.48. The normalized spacial score (nSPS) is 25.7. The fraction of sp³-hybridized carbons (Fsp3) is 0.611. The highest BCUT2D eigenvalue weighted by Crippen LogP contribution is 2.31. The van der Waals surface area contributed by atoms with Gasteiger partial charge in [0, 0.05) is 38.6 Å². The van der Waals surface area contributed by atoms with Crippen LogP contribution in [0.15, 0.2) is 24.3 Å². The molecule has 0 aromatic heterocycles. The van der Waals surface area contributed by atoms with Crippen molar-refractivity contribution < 1.29 is 13.9 Å². The van der Waals surface area contributed by atoms with E-state index in [0.717, 1.165) is 19.5 Å². The topological polar surface area (TPSA) is 32.8 Å². The van der Waals surface area contributed by atoms with Crippen molar-refractivity contribution in [2.45, 2.75) is 31.7 Å². The zero-order valence-electron chi connectivity index (χ0n) is 13.7. The third-order valence-corrected chi connectivity index (χ3v) is 5.02. The van der Waals surface area contributed by atoms with E-state index in [2.05, 4.69) is 11.8 Å². The molecular formula is C18H25FN2O2. The number of likely N-dealkylation sites (tertiary alicyclic amines) is 1. The molecule has 1 aromatic rings. The van der Waals surface area contributed by atoms with Gasteiger partial charge in [0.25, 0.3) is 0 Å². The zero-order chi connectivity index (χ0) is 16.2. The summed E-state index contributed by atoms with van der Waals surface area (Å²) in [7, 11) is 0. The Morgan fingerprint density at radius 3 is 2.65 bits per heavy atom.